The molecule has 1 aliphatic heterocycles. The summed E-state index contributed by atoms with van der Waals surface area (Å²) in [6, 6.07) is 15.2. The highest BCUT2D eigenvalue weighted by molar-refractivity contribution is 7.90. The fourth-order valence-corrected chi connectivity index (χ4v) is 4.28. The van der Waals surface area contributed by atoms with E-state index in [1.54, 1.807) is 12.1 Å². The van der Waals surface area contributed by atoms with Crippen LogP contribution >= 0.6 is 0 Å². The number of carboxylic acid groups (broad SMARTS) is 1. The van der Waals surface area contributed by atoms with Gasteiger partial charge in [0.2, 0.25) is 0 Å². The van der Waals surface area contributed by atoms with Crippen LogP contribution in [0.1, 0.15) is 21.8 Å². The lowest BCUT2D eigenvalue weighted by molar-refractivity contribution is -0.141. The Morgan fingerprint density at radius 2 is 1.62 bits per heavy atom. The molecule has 3 rings (SSSR count). The van der Waals surface area contributed by atoms with Crippen molar-refractivity contribution >= 4 is 21.7 Å². The normalized spacial score (nSPS) is 20.1. The molecule has 0 spiro atoms. The molecule has 0 aromatic heterocycles. The van der Waals surface area contributed by atoms with Crippen molar-refractivity contribution in [3.05, 3.63) is 65.7 Å². The number of carbonyl (C=O) groups excluding carboxylic acids is 1. The minimum absolute atomic E-state index is 0.0416. The number of sulfone groups is 1. The Morgan fingerprint density at radius 3 is 2.23 bits per heavy atom. The lowest BCUT2D eigenvalue weighted by atomic mass is 9.89. The van der Waals surface area contributed by atoms with Gasteiger partial charge in [-0.2, -0.15) is 0 Å². The van der Waals surface area contributed by atoms with Crippen LogP contribution in [-0.4, -0.2) is 49.6 Å². The lowest BCUT2D eigenvalue weighted by Gasteiger charge is -2.18. The first-order chi connectivity index (χ1) is 12.3. The number of aliphatic carboxylic acids is 1. The quantitative estimate of drug-likeness (QED) is 0.885. The van der Waals surface area contributed by atoms with E-state index in [0.29, 0.717) is 0 Å². The molecule has 6 nitrogen and oxygen atoms in total. The van der Waals surface area contributed by atoms with Gasteiger partial charge in [0, 0.05) is 25.3 Å². The molecule has 0 saturated carbocycles. The lowest BCUT2D eigenvalue weighted by Crippen LogP contribution is -2.31. The van der Waals surface area contributed by atoms with Gasteiger partial charge < -0.3 is 10.0 Å². The number of hydrogen-bond acceptors (Lipinski definition) is 4. The Kier molecular flexibility index (Phi) is 4.82. The third-order valence-electron chi connectivity index (χ3n) is 4.67. The summed E-state index contributed by atoms with van der Waals surface area (Å²) in [5.74, 6) is -2.49. The van der Waals surface area contributed by atoms with Gasteiger partial charge >= 0.3 is 5.97 Å². The van der Waals surface area contributed by atoms with Crippen molar-refractivity contribution in [3.63, 3.8) is 0 Å². The van der Waals surface area contributed by atoms with E-state index in [2.05, 4.69) is 0 Å². The molecule has 0 radical (unpaired) electrons. The van der Waals surface area contributed by atoms with Crippen LogP contribution < -0.4 is 0 Å². The summed E-state index contributed by atoms with van der Waals surface area (Å²) >= 11 is 0. The number of carboxylic acids is 1. The molecule has 1 amide bonds. The van der Waals surface area contributed by atoms with Gasteiger partial charge in [-0.15, -0.1) is 0 Å². The topological polar surface area (TPSA) is 91.8 Å². The van der Waals surface area contributed by atoms with Crippen molar-refractivity contribution in [1.82, 2.24) is 4.90 Å². The molecule has 0 aliphatic carbocycles. The van der Waals surface area contributed by atoms with Gasteiger partial charge in [-0.25, -0.2) is 8.42 Å². The summed E-state index contributed by atoms with van der Waals surface area (Å²) in [6.45, 7) is 0.281. The largest absolute Gasteiger partial charge is 0.481 e. The monoisotopic (exact) mass is 373 g/mol. The predicted octanol–water partition coefficient (Wildman–Crippen LogP) is 2.03. The summed E-state index contributed by atoms with van der Waals surface area (Å²) in [5, 5.41) is 9.57. The second-order valence-corrected chi connectivity index (χ2v) is 8.42. The summed E-state index contributed by atoms with van der Waals surface area (Å²) in [6.07, 6.45) is 1.05. The number of hydrogen-bond donors (Lipinski definition) is 1. The Balaban J connectivity index is 1.94. The summed E-state index contributed by atoms with van der Waals surface area (Å²) in [5.41, 5.74) is 0.930. The van der Waals surface area contributed by atoms with Gasteiger partial charge in [0.05, 0.1) is 16.4 Å². The maximum absolute atomic E-state index is 12.9. The standard InChI is InChI=1S/C19H19NO5S/c1-26(24,25)17-10-6-5-9-14(17)18(21)20-11-15(16(12-20)19(22)23)13-7-3-2-4-8-13/h2-10,15-16H,11-12H2,1H3,(H,22,23). The van der Waals surface area contributed by atoms with Crippen LogP contribution in [0.2, 0.25) is 0 Å². The van der Waals surface area contributed by atoms with Gasteiger partial charge in [-0.05, 0) is 17.7 Å². The maximum Gasteiger partial charge on any atom is 0.308 e. The van der Waals surface area contributed by atoms with E-state index in [-0.39, 0.29) is 29.5 Å². The van der Waals surface area contributed by atoms with Gasteiger partial charge in [-0.1, -0.05) is 42.5 Å². The van der Waals surface area contributed by atoms with Gasteiger partial charge in [0.1, 0.15) is 0 Å². The summed E-state index contributed by atoms with van der Waals surface area (Å²) in [4.78, 5) is 26.0. The van der Waals surface area contributed by atoms with Crippen LogP contribution in [0.3, 0.4) is 0 Å². The molecule has 136 valence electrons. The third kappa shape index (κ3) is 3.48. The first-order valence-electron chi connectivity index (χ1n) is 8.15. The molecule has 1 fully saturated rings. The fraction of sp³-hybridized carbons (Fsp3) is 0.263. The molecular weight excluding hydrogens is 354 g/mol. The van der Waals surface area contributed by atoms with E-state index < -0.39 is 27.6 Å². The summed E-state index contributed by atoms with van der Waals surface area (Å²) in [7, 11) is -3.57. The maximum atomic E-state index is 12.9. The molecule has 0 bridgehead atoms. The van der Waals surface area contributed by atoms with Crippen LogP contribution in [0.15, 0.2) is 59.5 Å². The molecule has 26 heavy (non-hydrogen) atoms. The number of benzene rings is 2. The van der Waals surface area contributed by atoms with Crippen molar-refractivity contribution < 1.29 is 23.1 Å². The van der Waals surface area contributed by atoms with E-state index in [9.17, 15) is 23.1 Å². The van der Waals surface area contributed by atoms with Gasteiger partial charge in [0.15, 0.2) is 9.84 Å². The molecule has 2 aromatic rings. The molecule has 1 heterocycles. The van der Waals surface area contributed by atoms with E-state index in [4.69, 9.17) is 0 Å². The molecule has 1 saturated heterocycles. The number of rotatable bonds is 4. The van der Waals surface area contributed by atoms with Crippen molar-refractivity contribution in [3.8, 4) is 0 Å². The minimum Gasteiger partial charge on any atom is -0.481 e. The Bertz CT molecular complexity index is 939. The fourth-order valence-electron chi connectivity index (χ4n) is 3.39. The highest BCUT2D eigenvalue weighted by Gasteiger charge is 2.41. The molecule has 1 aliphatic rings. The zero-order chi connectivity index (χ0) is 18.9. The first-order valence-corrected chi connectivity index (χ1v) is 10.0. The first kappa shape index (κ1) is 18.1. The minimum atomic E-state index is -3.57. The Hall–Kier alpha value is -2.67. The average molecular weight is 373 g/mol. The molecule has 2 atom stereocenters. The smallest absolute Gasteiger partial charge is 0.308 e. The molecular formula is C19H19NO5S. The zero-order valence-electron chi connectivity index (χ0n) is 14.2. The molecule has 2 unspecified atom stereocenters. The van der Waals surface area contributed by atoms with Gasteiger partial charge in [-0.3, -0.25) is 9.59 Å². The number of amides is 1. The van der Waals surface area contributed by atoms with Gasteiger partial charge in [0.25, 0.3) is 5.91 Å². The van der Waals surface area contributed by atoms with E-state index >= 15 is 0 Å². The van der Waals surface area contributed by atoms with Crippen LogP contribution in [0.4, 0.5) is 0 Å². The van der Waals surface area contributed by atoms with Crippen LogP contribution in [0, 0.1) is 5.92 Å². The van der Waals surface area contributed by atoms with E-state index in [1.165, 1.54) is 17.0 Å². The molecule has 7 heteroatoms. The SMILES string of the molecule is CS(=O)(=O)c1ccccc1C(=O)N1CC(C(=O)O)C(c2ccccc2)C1. The highest BCUT2D eigenvalue weighted by atomic mass is 32.2. The predicted molar refractivity (Wildman–Crippen MR) is 95.8 cm³/mol. The van der Waals surface area contributed by atoms with Crippen molar-refractivity contribution in [2.75, 3.05) is 19.3 Å². The second-order valence-electron chi connectivity index (χ2n) is 6.44. The number of likely N-dealkylation sites (tertiary alicyclic amines) is 1. The van der Waals surface area contributed by atoms with E-state index in [0.717, 1.165) is 11.8 Å². The highest BCUT2D eigenvalue weighted by Crippen LogP contribution is 2.34. The Labute approximate surface area is 152 Å². The average Bonchev–Trinajstić information content (AvgIpc) is 3.07. The van der Waals surface area contributed by atoms with E-state index in [1.807, 2.05) is 30.3 Å². The summed E-state index contributed by atoms with van der Waals surface area (Å²) < 4.78 is 23.9. The molecule has 2 aromatic carbocycles. The number of carbonyl (C=O) groups is 2. The van der Waals surface area contributed by atoms with Crippen LogP contribution in [-0.2, 0) is 14.6 Å². The van der Waals surface area contributed by atoms with Crippen LogP contribution in [0.5, 0.6) is 0 Å². The van der Waals surface area contributed by atoms with Crippen molar-refractivity contribution in [1.29, 1.82) is 0 Å². The second kappa shape index (κ2) is 6.92. The number of nitrogens with zero attached hydrogens (tertiary/aromatic N) is 1. The Morgan fingerprint density at radius 1 is 1.00 bits per heavy atom. The van der Waals surface area contributed by atoms with Crippen molar-refractivity contribution in [2.24, 2.45) is 5.92 Å². The molecule has 1 N–H and O–H groups in total. The van der Waals surface area contributed by atoms with Crippen molar-refractivity contribution in [2.45, 2.75) is 10.8 Å². The van der Waals surface area contributed by atoms with Crippen LogP contribution in [0.25, 0.3) is 0 Å². The zero-order valence-corrected chi connectivity index (χ0v) is 15.0. The third-order valence-corrected chi connectivity index (χ3v) is 5.82.